The van der Waals surface area contributed by atoms with Crippen molar-refractivity contribution in [3.8, 4) is 11.1 Å². The van der Waals surface area contributed by atoms with Crippen molar-refractivity contribution in [3.63, 3.8) is 0 Å². The number of aromatic nitrogens is 1. The van der Waals surface area contributed by atoms with E-state index < -0.39 is 23.1 Å². The Hall–Kier alpha value is -2.48. The number of hydrogen-bond acceptors (Lipinski definition) is 3. The molecule has 148 valence electrons. The molecule has 4 rings (SSSR count). The number of carbonyl (C=O) groups excluding carboxylic acids is 1. The van der Waals surface area contributed by atoms with E-state index in [4.69, 9.17) is 0 Å². The molecule has 3 heterocycles. The van der Waals surface area contributed by atoms with Gasteiger partial charge in [0, 0.05) is 25.4 Å². The van der Waals surface area contributed by atoms with Gasteiger partial charge in [-0.3, -0.25) is 15.1 Å². The van der Waals surface area contributed by atoms with Crippen molar-refractivity contribution in [2.24, 2.45) is 0 Å². The molecule has 2 aliphatic rings. The summed E-state index contributed by atoms with van der Waals surface area (Å²) in [6, 6.07) is 5.59. The van der Waals surface area contributed by atoms with E-state index >= 15 is 0 Å². The fraction of sp³-hybridized carbons (Fsp3) is 0.400. The molecule has 2 fully saturated rings. The lowest BCUT2D eigenvalue weighted by molar-refractivity contribution is -0.137. The summed E-state index contributed by atoms with van der Waals surface area (Å²) in [5.41, 5.74) is -0.409. The largest absolute Gasteiger partial charge is 0.416 e. The number of benzene rings is 1. The number of amides is 1. The maximum atomic E-state index is 14.3. The number of nitrogens with zero attached hydrogens (tertiary/aromatic N) is 2. The molecule has 0 aliphatic carbocycles. The molecular formula is C20H19F4N3O. The maximum Gasteiger partial charge on any atom is 0.416 e. The number of halogens is 4. The standard InChI is InChI=1S/C20H19F4N3O/c1-27-9-7-19(18(27)28)6-4-16(26-19)17-10-12(5-8-25-17)14-3-2-13(11-15(14)21)20(22,23)24/h2-3,5,8,10-11,16,26H,4,6-7,9H2,1H3/t16-,19+/m1/s1. The first-order valence-corrected chi connectivity index (χ1v) is 9.06. The molecule has 4 nitrogen and oxygen atoms in total. The summed E-state index contributed by atoms with van der Waals surface area (Å²) in [4.78, 5) is 18.5. The number of likely N-dealkylation sites (tertiary alicyclic amines) is 1. The summed E-state index contributed by atoms with van der Waals surface area (Å²) >= 11 is 0. The Morgan fingerprint density at radius 1 is 1.21 bits per heavy atom. The second-order valence-corrected chi connectivity index (χ2v) is 7.46. The lowest BCUT2D eigenvalue weighted by atomic mass is 9.96. The molecule has 0 bridgehead atoms. The first-order chi connectivity index (χ1) is 13.2. The van der Waals surface area contributed by atoms with Gasteiger partial charge in [0.25, 0.3) is 0 Å². The molecule has 1 amide bonds. The number of nitrogens with one attached hydrogen (secondary N) is 1. The molecule has 8 heteroatoms. The lowest BCUT2D eigenvalue weighted by Gasteiger charge is -2.23. The molecule has 0 unspecified atom stereocenters. The number of rotatable bonds is 2. The van der Waals surface area contributed by atoms with Gasteiger partial charge in [-0.2, -0.15) is 13.2 Å². The number of pyridine rings is 1. The fourth-order valence-corrected chi connectivity index (χ4v) is 4.12. The second-order valence-electron chi connectivity index (χ2n) is 7.46. The predicted molar refractivity (Wildman–Crippen MR) is 94.7 cm³/mol. The Balaban J connectivity index is 1.60. The fourth-order valence-electron chi connectivity index (χ4n) is 4.12. The Kier molecular flexibility index (Phi) is 4.41. The molecule has 2 saturated heterocycles. The quantitative estimate of drug-likeness (QED) is 0.787. The van der Waals surface area contributed by atoms with Gasteiger partial charge in [0.1, 0.15) is 11.4 Å². The molecule has 1 aromatic carbocycles. The zero-order valence-electron chi connectivity index (χ0n) is 15.2. The smallest absolute Gasteiger partial charge is 0.344 e. The van der Waals surface area contributed by atoms with Crippen LogP contribution in [0.1, 0.15) is 36.6 Å². The van der Waals surface area contributed by atoms with E-state index in [1.54, 1.807) is 24.1 Å². The molecule has 2 aliphatic heterocycles. The van der Waals surface area contributed by atoms with Crippen LogP contribution in [0.3, 0.4) is 0 Å². The maximum absolute atomic E-state index is 14.3. The van der Waals surface area contributed by atoms with E-state index in [1.807, 2.05) is 0 Å². The minimum atomic E-state index is -4.59. The van der Waals surface area contributed by atoms with Crippen molar-refractivity contribution >= 4 is 5.91 Å². The minimum Gasteiger partial charge on any atom is -0.344 e. The van der Waals surface area contributed by atoms with Crippen LogP contribution < -0.4 is 5.32 Å². The van der Waals surface area contributed by atoms with Crippen LogP contribution in [0.2, 0.25) is 0 Å². The molecule has 1 spiro atoms. The van der Waals surface area contributed by atoms with Crippen LogP contribution in [0.4, 0.5) is 17.6 Å². The van der Waals surface area contributed by atoms with Crippen LogP contribution in [0.25, 0.3) is 11.1 Å². The third-order valence-electron chi connectivity index (χ3n) is 5.69. The number of likely N-dealkylation sites (N-methyl/N-ethyl adjacent to an activating group) is 1. The van der Waals surface area contributed by atoms with Gasteiger partial charge >= 0.3 is 6.18 Å². The third-order valence-corrected chi connectivity index (χ3v) is 5.69. The van der Waals surface area contributed by atoms with Crippen molar-refractivity contribution in [1.82, 2.24) is 15.2 Å². The minimum absolute atomic E-state index is 0.0694. The summed E-state index contributed by atoms with van der Waals surface area (Å²) in [7, 11) is 1.78. The van der Waals surface area contributed by atoms with Crippen LogP contribution in [-0.4, -0.2) is 34.9 Å². The summed E-state index contributed by atoms with van der Waals surface area (Å²) in [5.74, 6) is -0.865. The zero-order chi connectivity index (χ0) is 20.1. The van der Waals surface area contributed by atoms with Crippen molar-refractivity contribution < 1.29 is 22.4 Å². The van der Waals surface area contributed by atoms with Crippen molar-refractivity contribution in [2.45, 2.75) is 37.0 Å². The molecule has 1 N–H and O–H groups in total. The van der Waals surface area contributed by atoms with Gasteiger partial charge in [-0.15, -0.1) is 0 Å². The number of hydrogen-bond donors (Lipinski definition) is 1. The molecule has 2 atom stereocenters. The Labute approximate surface area is 159 Å². The van der Waals surface area contributed by atoms with Gasteiger partial charge < -0.3 is 4.90 Å². The topological polar surface area (TPSA) is 45.2 Å². The molecular weight excluding hydrogens is 374 g/mol. The van der Waals surface area contributed by atoms with Gasteiger partial charge in [-0.05, 0) is 49.1 Å². The monoisotopic (exact) mass is 393 g/mol. The summed E-state index contributed by atoms with van der Waals surface area (Å²) in [5, 5.41) is 3.39. The van der Waals surface area contributed by atoms with Gasteiger partial charge in [0.15, 0.2) is 0 Å². The van der Waals surface area contributed by atoms with Gasteiger partial charge in [0.2, 0.25) is 5.91 Å². The third kappa shape index (κ3) is 3.15. The Bertz CT molecular complexity index is 930. The van der Waals surface area contributed by atoms with Crippen LogP contribution >= 0.6 is 0 Å². The van der Waals surface area contributed by atoms with E-state index in [1.165, 1.54) is 6.20 Å². The normalized spacial score (nSPS) is 25.1. The molecule has 0 radical (unpaired) electrons. The first kappa shape index (κ1) is 18.9. The summed E-state index contributed by atoms with van der Waals surface area (Å²) < 4.78 is 52.6. The highest BCUT2D eigenvalue weighted by Crippen LogP contribution is 2.39. The molecule has 1 aromatic heterocycles. The first-order valence-electron chi connectivity index (χ1n) is 9.06. The molecule has 2 aromatic rings. The Morgan fingerprint density at radius 3 is 2.64 bits per heavy atom. The number of carbonyl (C=O) groups is 1. The Morgan fingerprint density at radius 2 is 2.00 bits per heavy atom. The number of alkyl halides is 3. The van der Waals surface area contributed by atoms with E-state index in [0.29, 0.717) is 36.7 Å². The van der Waals surface area contributed by atoms with Crippen LogP contribution in [0.15, 0.2) is 36.5 Å². The summed E-state index contributed by atoms with van der Waals surface area (Å²) in [6.45, 7) is 0.697. The van der Waals surface area contributed by atoms with E-state index in [-0.39, 0.29) is 17.5 Å². The van der Waals surface area contributed by atoms with E-state index in [0.717, 1.165) is 18.6 Å². The van der Waals surface area contributed by atoms with Gasteiger partial charge in [-0.1, -0.05) is 6.07 Å². The van der Waals surface area contributed by atoms with E-state index in [9.17, 15) is 22.4 Å². The molecule has 0 saturated carbocycles. The van der Waals surface area contributed by atoms with Gasteiger partial charge in [-0.25, -0.2) is 4.39 Å². The average Bonchev–Trinajstić information content (AvgIpc) is 3.21. The predicted octanol–water partition coefficient (Wildman–Crippen LogP) is 3.93. The summed E-state index contributed by atoms with van der Waals surface area (Å²) in [6.07, 6.45) is -0.943. The molecule has 28 heavy (non-hydrogen) atoms. The lowest BCUT2D eigenvalue weighted by Crippen LogP contribution is -2.47. The highest BCUT2D eigenvalue weighted by atomic mass is 19.4. The van der Waals surface area contributed by atoms with Crippen molar-refractivity contribution in [2.75, 3.05) is 13.6 Å². The second kappa shape index (κ2) is 6.55. The van der Waals surface area contributed by atoms with E-state index in [2.05, 4.69) is 10.3 Å². The van der Waals surface area contributed by atoms with Crippen LogP contribution in [0, 0.1) is 5.82 Å². The SMILES string of the molecule is CN1CC[C@@]2(CC[C@H](c3cc(-c4ccc(C(F)(F)F)cc4F)ccn3)N2)C1=O. The van der Waals surface area contributed by atoms with Crippen molar-refractivity contribution in [1.29, 1.82) is 0 Å². The zero-order valence-corrected chi connectivity index (χ0v) is 15.2. The van der Waals surface area contributed by atoms with Gasteiger partial charge in [0.05, 0.1) is 17.3 Å². The van der Waals surface area contributed by atoms with Crippen LogP contribution in [0.5, 0.6) is 0 Å². The van der Waals surface area contributed by atoms with Crippen LogP contribution in [-0.2, 0) is 11.0 Å². The average molecular weight is 393 g/mol. The van der Waals surface area contributed by atoms with Crippen molar-refractivity contribution in [3.05, 3.63) is 53.6 Å². The highest BCUT2D eigenvalue weighted by Gasteiger charge is 2.50. The highest BCUT2D eigenvalue weighted by molar-refractivity contribution is 5.88.